The Bertz CT molecular complexity index is 827. The van der Waals surface area contributed by atoms with Crippen molar-refractivity contribution in [1.29, 1.82) is 0 Å². The summed E-state index contributed by atoms with van der Waals surface area (Å²) in [5, 5.41) is 6.25. The maximum Gasteiger partial charge on any atom is 0.0463 e. The average molecular weight is 332 g/mol. The Morgan fingerprint density at radius 3 is 2.28 bits per heavy atom. The van der Waals surface area contributed by atoms with E-state index in [-0.39, 0.29) is 5.41 Å². The minimum absolute atomic E-state index is 0.170. The van der Waals surface area contributed by atoms with Crippen molar-refractivity contribution in [1.82, 2.24) is 0 Å². The van der Waals surface area contributed by atoms with Crippen molar-refractivity contribution in [2.24, 2.45) is 0 Å². The minimum atomic E-state index is 0.170. The molecule has 1 nitrogen and oxygen atoms in total. The summed E-state index contributed by atoms with van der Waals surface area (Å²) in [4.78, 5) is 0. The second kappa shape index (κ2) is 7.74. The number of hydrogen-bond donors (Lipinski definition) is 1. The number of fused-ring (bicyclic) bond motifs is 1. The monoisotopic (exact) mass is 331 g/mol. The van der Waals surface area contributed by atoms with E-state index in [1.165, 1.54) is 53.4 Å². The molecule has 3 rings (SSSR count). The lowest BCUT2D eigenvalue weighted by atomic mass is 9.79. The first kappa shape index (κ1) is 17.5. The topological polar surface area (TPSA) is 12.0 Å². The molecule has 0 spiro atoms. The van der Waals surface area contributed by atoms with Gasteiger partial charge in [-0.25, -0.2) is 0 Å². The molecule has 0 aliphatic rings. The highest BCUT2D eigenvalue weighted by Crippen LogP contribution is 2.36. The Morgan fingerprint density at radius 1 is 0.760 bits per heavy atom. The van der Waals surface area contributed by atoms with Crippen molar-refractivity contribution >= 4 is 22.1 Å². The lowest BCUT2D eigenvalue weighted by molar-refractivity contribution is 0.451. The molecule has 0 radical (unpaired) electrons. The van der Waals surface area contributed by atoms with E-state index >= 15 is 0 Å². The SMILES string of the molecule is CCCCCC(C)(C)c1ccccc1Nc1cccc2ccccc12. The Kier molecular flexibility index (Phi) is 5.43. The van der Waals surface area contributed by atoms with Crippen molar-refractivity contribution in [3.63, 3.8) is 0 Å². The fourth-order valence-electron chi connectivity index (χ4n) is 3.61. The fourth-order valence-corrected chi connectivity index (χ4v) is 3.61. The van der Waals surface area contributed by atoms with Gasteiger partial charge in [0, 0.05) is 16.8 Å². The van der Waals surface area contributed by atoms with Crippen LogP contribution in [0.1, 0.15) is 52.0 Å². The smallest absolute Gasteiger partial charge is 0.0463 e. The third kappa shape index (κ3) is 4.04. The molecule has 0 atom stereocenters. The lowest BCUT2D eigenvalue weighted by Crippen LogP contribution is -2.18. The molecule has 0 saturated heterocycles. The summed E-state index contributed by atoms with van der Waals surface area (Å²) in [6.07, 6.45) is 5.08. The van der Waals surface area contributed by atoms with Gasteiger partial charge in [-0.3, -0.25) is 0 Å². The molecule has 0 aliphatic carbocycles. The molecule has 25 heavy (non-hydrogen) atoms. The molecular weight excluding hydrogens is 302 g/mol. The molecule has 0 bridgehead atoms. The number of unbranched alkanes of at least 4 members (excludes halogenated alkanes) is 2. The molecular formula is C24H29N. The molecule has 0 aromatic heterocycles. The Hall–Kier alpha value is -2.28. The van der Waals surface area contributed by atoms with E-state index in [4.69, 9.17) is 0 Å². The summed E-state index contributed by atoms with van der Waals surface area (Å²) in [6, 6.07) is 23.8. The van der Waals surface area contributed by atoms with Gasteiger partial charge in [0.2, 0.25) is 0 Å². The number of anilines is 2. The summed E-state index contributed by atoms with van der Waals surface area (Å²) >= 11 is 0. The number of nitrogens with one attached hydrogen (secondary N) is 1. The molecule has 3 aromatic carbocycles. The zero-order chi connectivity index (χ0) is 17.7. The molecule has 0 saturated carbocycles. The van der Waals surface area contributed by atoms with Crippen LogP contribution in [-0.2, 0) is 5.41 Å². The highest BCUT2D eigenvalue weighted by atomic mass is 14.9. The summed E-state index contributed by atoms with van der Waals surface area (Å²) in [5.74, 6) is 0. The van der Waals surface area contributed by atoms with Gasteiger partial charge < -0.3 is 5.32 Å². The zero-order valence-corrected chi connectivity index (χ0v) is 15.7. The van der Waals surface area contributed by atoms with Crippen molar-refractivity contribution in [2.75, 3.05) is 5.32 Å². The van der Waals surface area contributed by atoms with Crippen LogP contribution in [0.4, 0.5) is 11.4 Å². The summed E-state index contributed by atoms with van der Waals surface area (Å²) in [5.41, 5.74) is 3.97. The van der Waals surface area contributed by atoms with Crippen LogP contribution in [0.15, 0.2) is 66.7 Å². The summed E-state index contributed by atoms with van der Waals surface area (Å²) < 4.78 is 0. The highest BCUT2D eigenvalue weighted by Gasteiger charge is 2.23. The lowest BCUT2D eigenvalue weighted by Gasteiger charge is -2.28. The van der Waals surface area contributed by atoms with Crippen molar-refractivity contribution in [2.45, 2.75) is 51.9 Å². The first-order valence-electron chi connectivity index (χ1n) is 9.46. The van der Waals surface area contributed by atoms with E-state index in [2.05, 4.69) is 92.8 Å². The van der Waals surface area contributed by atoms with E-state index in [1.54, 1.807) is 0 Å². The van der Waals surface area contributed by atoms with Crippen LogP contribution in [0.3, 0.4) is 0 Å². The molecule has 0 aliphatic heterocycles. The van der Waals surface area contributed by atoms with E-state index in [1.807, 2.05) is 0 Å². The third-order valence-corrected chi connectivity index (χ3v) is 5.12. The van der Waals surface area contributed by atoms with E-state index in [0.29, 0.717) is 0 Å². The van der Waals surface area contributed by atoms with Gasteiger partial charge in [-0.05, 0) is 34.9 Å². The van der Waals surface area contributed by atoms with Crippen LogP contribution >= 0.6 is 0 Å². The quantitative estimate of drug-likeness (QED) is 0.443. The van der Waals surface area contributed by atoms with Gasteiger partial charge >= 0.3 is 0 Å². The van der Waals surface area contributed by atoms with Crippen molar-refractivity contribution < 1.29 is 0 Å². The van der Waals surface area contributed by atoms with Gasteiger partial charge in [-0.2, -0.15) is 0 Å². The normalized spacial score (nSPS) is 11.6. The molecule has 3 aromatic rings. The first-order chi connectivity index (χ1) is 12.1. The van der Waals surface area contributed by atoms with Gasteiger partial charge in [-0.15, -0.1) is 0 Å². The zero-order valence-electron chi connectivity index (χ0n) is 15.7. The molecule has 1 heteroatoms. The van der Waals surface area contributed by atoms with E-state index < -0.39 is 0 Å². The second-order valence-electron chi connectivity index (χ2n) is 7.54. The van der Waals surface area contributed by atoms with Crippen LogP contribution in [0.2, 0.25) is 0 Å². The highest BCUT2D eigenvalue weighted by molar-refractivity contribution is 5.95. The molecule has 0 heterocycles. The molecule has 0 fully saturated rings. The van der Waals surface area contributed by atoms with Gasteiger partial charge in [0.25, 0.3) is 0 Å². The molecule has 130 valence electrons. The van der Waals surface area contributed by atoms with Crippen LogP contribution < -0.4 is 5.32 Å². The van der Waals surface area contributed by atoms with Crippen LogP contribution in [0.5, 0.6) is 0 Å². The Balaban J connectivity index is 1.93. The van der Waals surface area contributed by atoms with Crippen LogP contribution in [0, 0.1) is 0 Å². The summed E-state index contributed by atoms with van der Waals surface area (Å²) in [7, 11) is 0. The number of para-hydroxylation sites is 1. The predicted molar refractivity (Wildman–Crippen MR) is 111 cm³/mol. The molecule has 0 unspecified atom stereocenters. The standard InChI is InChI=1S/C24H29N/c1-4-5-10-18-24(2,3)21-15-8-9-16-23(21)25-22-17-11-13-19-12-6-7-14-20(19)22/h6-9,11-17,25H,4-5,10,18H2,1-3H3. The van der Waals surface area contributed by atoms with Gasteiger partial charge in [0.05, 0.1) is 0 Å². The average Bonchev–Trinajstić information content (AvgIpc) is 2.62. The maximum absolute atomic E-state index is 3.71. The number of rotatable bonds is 7. The molecule has 1 N–H and O–H groups in total. The summed E-state index contributed by atoms with van der Waals surface area (Å²) in [6.45, 7) is 7.00. The second-order valence-corrected chi connectivity index (χ2v) is 7.54. The van der Waals surface area contributed by atoms with Crippen molar-refractivity contribution in [3.8, 4) is 0 Å². The minimum Gasteiger partial charge on any atom is -0.355 e. The van der Waals surface area contributed by atoms with Crippen molar-refractivity contribution in [3.05, 3.63) is 72.3 Å². The Morgan fingerprint density at radius 2 is 1.44 bits per heavy atom. The largest absolute Gasteiger partial charge is 0.355 e. The molecule has 0 amide bonds. The predicted octanol–water partition coefficient (Wildman–Crippen LogP) is 7.44. The van der Waals surface area contributed by atoms with E-state index in [9.17, 15) is 0 Å². The third-order valence-electron chi connectivity index (χ3n) is 5.12. The first-order valence-corrected chi connectivity index (χ1v) is 9.46. The van der Waals surface area contributed by atoms with Crippen LogP contribution in [-0.4, -0.2) is 0 Å². The van der Waals surface area contributed by atoms with Gasteiger partial charge in [-0.1, -0.05) is 94.6 Å². The van der Waals surface area contributed by atoms with Gasteiger partial charge in [0.15, 0.2) is 0 Å². The van der Waals surface area contributed by atoms with Gasteiger partial charge in [0.1, 0.15) is 0 Å². The number of benzene rings is 3. The fraction of sp³-hybridized carbons (Fsp3) is 0.333. The van der Waals surface area contributed by atoms with E-state index in [0.717, 1.165) is 0 Å². The Labute approximate surface area is 152 Å². The maximum atomic E-state index is 3.71. The van der Waals surface area contributed by atoms with Crippen LogP contribution in [0.25, 0.3) is 10.8 Å². The number of hydrogen-bond acceptors (Lipinski definition) is 1.